The molecule has 0 radical (unpaired) electrons. The van der Waals surface area contributed by atoms with Crippen LogP contribution in [0.5, 0.6) is 23.1 Å². The Kier molecular flexibility index (Phi) is 10.6. The first-order valence-electron chi connectivity index (χ1n) is 17.3. The van der Waals surface area contributed by atoms with E-state index in [4.69, 9.17) is 23.9 Å². The number of nitrogens with zero attached hydrogens (tertiary/aromatic N) is 4. The van der Waals surface area contributed by atoms with Gasteiger partial charge in [0.1, 0.15) is 17.2 Å². The maximum absolute atomic E-state index is 13.6. The predicted molar refractivity (Wildman–Crippen MR) is 186 cm³/mol. The molecule has 4 bridgehead atoms. The molecular weight excluding hydrogens is 638 g/mol. The fourth-order valence-electron chi connectivity index (χ4n) is 6.57. The monoisotopic (exact) mass is 685 g/mol. The molecule has 12 heteroatoms. The Morgan fingerprint density at radius 1 is 1.00 bits per heavy atom. The van der Waals surface area contributed by atoms with Crippen molar-refractivity contribution < 1.29 is 33.3 Å². The molecule has 1 aromatic heterocycles. The number of pyridine rings is 1. The number of likely N-dealkylation sites (N-methyl/N-ethyl adjacent to an activating group) is 1. The van der Waals surface area contributed by atoms with Gasteiger partial charge in [-0.1, -0.05) is 26.0 Å². The number of amides is 3. The molecule has 3 aromatic rings. The SMILES string of the molecule is COc1nc2c(cc1CN1CC[C@@H]3NC(=O)CN(C)C(=O)c4cc(OCC(C)C)cc(c4)Oc4cccc(c4)CO[C@H]3C1)C(=O)N(C(C)C)C2. The number of carbonyl (C=O) groups is 3. The van der Waals surface area contributed by atoms with Crippen LogP contribution in [0.1, 0.15) is 71.7 Å². The van der Waals surface area contributed by atoms with Gasteiger partial charge in [-0.3, -0.25) is 19.3 Å². The number of likely N-dealkylation sites (tertiary alicyclic amines) is 1. The van der Waals surface area contributed by atoms with Crippen LogP contribution in [0.3, 0.4) is 0 Å². The van der Waals surface area contributed by atoms with E-state index >= 15 is 0 Å². The summed E-state index contributed by atoms with van der Waals surface area (Å²) in [6.07, 6.45) is 0.266. The minimum Gasteiger partial charge on any atom is -0.493 e. The van der Waals surface area contributed by atoms with Crippen LogP contribution in [-0.2, 0) is 29.2 Å². The molecule has 3 aliphatic rings. The van der Waals surface area contributed by atoms with Crippen LogP contribution in [0.25, 0.3) is 0 Å². The highest BCUT2D eigenvalue weighted by Gasteiger charge is 2.35. The van der Waals surface area contributed by atoms with Crippen molar-refractivity contribution in [2.75, 3.05) is 40.4 Å². The summed E-state index contributed by atoms with van der Waals surface area (Å²) in [5.74, 6) is 1.76. The topological polar surface area (TPSA) is 123 Å². The number of piperidine rings is 1. The molecule has 3 amide bonds. The van der Waals surface area contributed by atoms with Gasteiger partial charge < -0.3 is 34.1 Å². The molecule has 2 atom stereocenters. The van der Waals surface area contributed by atoms with E-state index in [2.05, 4.69) is 24.1 Å². The van der Waals surface area contributed by atoms with Crippen LogP contribution in [0.15, 0.2) is 48.5 Å². The maximum atomic E-state index is 13.6. The predicted octanol–water partition coefficient (Wildman–Crippen LogP) is 4.64. The normalized spacial score (nSPS) is 20.0. The number of nitrogens with one attached hydrogen (secondary N) is 1. The largest absolute Gasteiger partial charge is 0.493 e. The van der Waals surface area contributed by atoms with E-state index in [0.29, 0.717) is 86.0 Å². The fourth-order valence-corrected chi connectivity index (χ4v) is 6.57. The Hall–Kier alpha value is -4.68. The van der Waals surface area contributed by atoms with Gasteiger partial charge in [0.15, 0.2) is 0 Å². The zero-order valence-electron chi connectivity index (χ0n) is 29.7. The number of hydrogen-bond donors (Lipinski definition) is 1. The molecule has 0 spiro atoms. The van der Waals surface area contributed by atoms with Gasteiger partial charge in [-0.25, -0.2) is 4.98 Å². The van der Waals surface area contributed by atoms with Crippen LogP contribution in [0.2, 0.25) is 0 Å². The molecule has 0 aliphatic carbocycles. The van der Waals surface area contributed by atoms with E-state index in [0.717, 1.165) is 16.8 Å². The average Bonchev–Trinajstić information content (AvgIpc) is 3.41. The minimum absolute atomic E-state index is 0.0181. The number of benzene rings is 2. The van der Waals surface area contributed by atoms with Crippen molar-refractivity contribution in [1.82, 2.24) is 25.0 Å². The van der Waals surface area contributed by atoms with E-state index in [-0.39, 0.29) is 42.5 Å². The van der Waals surface area contributed by atoms with Crippen molar-refractivity contribution in [3.05, 3.63) is 76.5 Å². The van der Waals surface area contributed by atoms with E-state index in [1.54, 1.807) is 32.4 Å². The molecule has 4 heterocycles. The number of fused-ring (bicyclic) bond motifs is 6. The Morgan fingerprint density at radius 2 is 1.82 bits per heavy atom. The highest BCUT2D eigenvalue weighted by atomic mass is 16.5. The van der Waals surface area contributed by atoms with Gasteiger partial charge in [0.2, 0.25) is 11.8 Å². The summed E-state index contributed by atoms with van der Waals surface area (Å²) in [5.41, 5.74) is 3.44. The van der Waals surface area contributed by atoms with Crippen LogP contribution in [0, 0.1) is 5.92 Å². The lowest BCUT2D eigenvalue weighted by Gasteiger charge is -2.39. The van der Waals surface area contributed by atoms with Gasteiger partial charge in [0.05, 0.1) is 56.8 Å². The van der Waals surface area contributed by atoms with Crippen molar-refractivity contribution in [1.29, 1.82) is 0 Å². The lowest BCUT2D eigenvalue weighted by atomic mass is 10.00. The second kappa shape index (κ2) is 15.1. The van der Waals surface area contributed by atoms with Crippen molar-refractivity contribution >= 4 is 17.7 Å². The summed E-state index contributed by atoms with van der Waals surface area (Å²) in [6, 6.07) is 14.5. The molecule has 1 fully saturated rings. The van der Waals surface area contributed by atoms with E-state index in [1.807, 2.05) is 49.1 Å². The summed E-state index contributed by atoms with van der Waals surface area (Å²) >= 11 is 0. The molecule has 1 N–H and O–H groups in total. The summed E-state index contributed by atoms with van der Waals surface area (Å²) in [4.78, 5) is 50.2. The summed E-state index contributed by atoms with van der Waals surface area (Å²) in [5, 5.41) is 3.15. The molecule has 0 saturated carbocycles. The summed E-state index contributed by atoms with van der Waals surface area (Å²) in [7, 11) is 3.20. The third kappa shape index (κ3) is 8.03. The Labute approximate surface area is 293 Å². The van der Waals surface area contributed by atoms with E-state index < -0.39 is 0 Å². The fraction of sp³-hybridized carbons (Fsp3) is 0.474. The van der Waals surface area contributed by atoms with E-state index in [9.17, 15) is 14.4 Å². The van der Waals surface area contributed by atoms with Gasteiger partial charge in [-0.2, -0.15) is 0 Å². The van der Waals surface area contributed by atoms with Crippen molar-refractivity contribution in [3.8, 4) is 23.1 Å². The number of rotatable bonds is 7. The quantitative estimate of drug-likeness (QED) is 0.379. The Balaban J connectivity index is 1.23. The first-order chi connectivity index (χ1) is 24.0. The number of carbonyl (C=O) groups excluding carboxylic acids is 3. The zero-order chi connectivity index (χ0) is 35.5. The third-order valence-corrected chi connectivity index (χ3v) is 9.19. The van der Waals surface area contributed by atoms with Crippen LogP contribution in [-0.4, -0.2) is 96.0 Å². The molecule has 50 heavy (non-hydrogen) atoms. The first-order valence-corrected chi connectivity index (χ1v) is 17.3. The highest BCUT2D eigenvalue weighted by Crippen LogP contribution is 2.32. The Bertz CT molecular complexity index is 1740. The highest BCUT2D eigenvalue weighted by molar-refractivity contribution is 5.98. The van der Waals surface area contributed by atoms with Crippen LogP contribution < -0.4 is 19.5 Å². The lowest BCUT2D eigenvalue weighted by molar-refractivity contribution is -0.125. The van der Waals surface area contributed by atoms with Gasteiger partial charge >= 0.3 is 0 Å². The molecule has 0 unspecified atom stereocenters. The van der Waals surface area contributed by atoms with Crippen molar-refractivity contribution in [2.45, 2.75) is 72.0 Å². The van der Waals surface area contributed by atoms with Gasteiger partial charge in [-0.15, -0.1) is 0 Å². The summed E-state index contributed by atoms with van der Waals surface area (Å²) < 4.78 is 24.4. The lowest BCUT2D eigenvalue weighted by Crippen LogP contribution is -2.56. The smallest absolute Gasteiger partial charge is 0.256 e. The van der Waals surface area contributed by atoms with Gasteiger partial charge in [0, 0.05) is 49.9 Å². The molecule has 266 valence electrons. The second-order valence-corrected chi connectivity index (χ2v) is 14.0. The van der Waals surface area contributed by atoms with Crippen molar-refractivity contribution in [3.63, 3.8) is 0 Å². The molecule has 3 aliphatic heterocycles. The molecule has 2 aromatic carbocycles. The minimum atomic E-state index is -0.356. The average molecular weight is 686 g/mol. The maximum Gasteiger partial charge on any atom is 0.256 e. The van der Waals surface area contributed by atoms with E-state index in [1.165, 1.54) is 4.90 Å². The number of aromatic nitrogens is 1. The van der Waals surface area contributed by atoms with Crippen molar-refractivity contribution in [2.24, 2.45) is 5.92 Å². The number of ether oxygens (including phenoxy) is 4. The zero-order valence-corrected chi connectivity index (χ0v) is 29.7. The number of hydrogen-bond acceptors (Lipinski definition) is 9. The van der Waals surface area contributed by atoms with Crippen LogP contribution in [0.4, 0.5) is 0 Å². The standard InChI is InChI=1S/C38H47N5O7/c1-23(2)21-48-29-13-26-14-30(16-29)50-28-9-7-8-25(12-28)22-49-34-19-42(11-10-32(34)39-35(44)20-41(5)37(26)45)17-27-15-31-33(40-36(27)47-6)18-43(24(3)4)38(31)46/h7-9,12-16,23-24,32,34H,10-11,17-22H2,1-6H3,(H,39,44)/t32-,34-/m0/s1. The first kappa shape index (κ1) is 35.2. The molecular formula is C38H47N5O7. The van der Waals surface area contributed by atoms with Crippen LogP contribution >= 0.6 is 0 Å². The molecule has 1 saturated heterocycles. The Morgan fingerprint density at radius 3 is 2.58 bits per heavy atom. The van der Waals surface area contributed by atoms with Gasteiger partial charge in [0.25, 0.3) is 11.8 Å². The second-order valence-electron chi connectivity index (χ2n) is 14.0. The molecule has 6 rings (SSSR count). The van der Waals surface area contributed by atoms with Gasteiger partial charge in [-0.05, 0) is 62.1 Å². The summed E-state index contributed by atoms with van der Waals surface area (Å²) in [6.45, 7) is 10.9. The molecule has 12 nitrogen and oxygen atoms in total. The number of methoxy groups -OCH3 is 1. The third-order valence-electron chi connectivity index (χ3n) is 9.19.